The van der Waals surface area contributed by atoms with Crippen molar-refractivity contribution in [2.24, 2.45) is 0 Å². The highest BCUT2D eigenvalue weighted by atomic mass is 16.1. The molecule has 122 valence electrons. The van der Waals surface area contributed by atoms with Gasteiger partial charge in [-0.1, -0.05) is 19.1 Å². The molecule has 0 fully saturated rings. The van der Waals surface area contributed by atoms with E-state index in [1.54, 1.807) is 0 Å². The molecular weight excluding hydrogens is 284 g/mol. The van der Waals surface area contributed by atoms with Crippen LogP contribution in [-0.2, 0) is 4.79 Å². The lowest BCUT2D eigenvalue weighted by atomic mass is 9.96. The van der Waals surface area contributed by atoms with Crippen LogP contribution < -0.4 is 10.6 Å². The zero-order chi connectivity index (χ0) is 17.0. The molecule has 23 heavy (non-hydrogen) atoms. The zero-order valence-corrected chi connectivity index (χ0v) is 14.7. The van der Waals surface area contributed by atoms with E-state index in [0.717, 1.165) is 11.4 Å². The van der Waals surface area contributed by atoms with Gasteiger partial charge in [0.1, 0.15) is 0 Å². The number of carbonyl (C=O) groups is 1. The Balaban J connectivity index is 2.10. The topological polar surface area (TPSA) is 41.1 Å². The lowest BCUT2D eigenvalue weighted by molar-refractivity contribution is -0.115. The summed E-state index contributed by atoms with van der Waals surface area (Å²) in [5.74, 6) is 0.0323. The molecule has 0 heterocycles. The van der Waals surface area contributed by atoms with Crippen LogP contribution in [0.1, 0.15) is 48.6 Å². The summed E-state index contributed by atoms with van der Waals surface area (Å²) in [6.45, 7) is 10.5. The van der Waals surface area contributed by atoms with Gasteiger partial charge in [-0.25, -0.2) is 0 Å². The fourth-order valence-electron chi connectivity index (χ4n) is 2.68. The Morgan fingerprint density at radius 1 is 0.957 bits per heavy atom. The first-order valence-electron chi connectivity index (χ1n) is 8.15. The van der Waals surface area contributed by atoms with Crippen molar-refractivity contribution in [3.05, 3.63) is 58.7 Å². The molecular formula is C20H26N2O. The van der Waals surface area contributed by atoms with Gasteiger partial charge in [-0.2, -0.15) is 0 Å². The van der Waals surface area contributed by atoms with E-state index < -0.39 is 0 Å². The number of anilines is 2. The van der Waals surface area contributed by atoms with Crippen molar-refractivity contribution < 1.29 is 4.79 Å². The van der Waals surface area contributed by atoms with Gasteiger partial charge in [-0.15, -0.1) is 0 Å². The largest absolute Gasteiger partial charge is 0.379 e. The number of benzene rings is 2. The number of hydrogen-bond acceptors (Lipinski definition) is 2. The standard InChI is InChI=1S/C20H26N2O/c1-6-20(23)22-18-9-7-17(8-10-18)21-16(5)19-12-14(3)13(2)11-15(19)4/h7-12,16,21H,6H2,1-5H3,(H,22,23). The molecule has 1 unspecified atom stereocenters. The van der Waals surface area contributed by atoms with Crippen molar-refractivity contribution in [3.8, 4) is 0 Å². The van der Waals surface area contributed by atoms with Crippen molar-refractivity contribution in [1.29, 1.82) is 0 Å². The van der Waals surface area contributed by atoms with E-state index in [9.17, 15) is 4.79 Å². The Hall–Kier alpha value is -2.29. The van der Waals surface area contributed by atoms with Crippen LogP contribution in [0.3, 0.4) is 0 Å². The minimum atomic E-state index is 0.0323. The van der Waals surface area contributed by atoms with E-state index in [1.807, 2.05) is 31.2 Å². The molecule has 0 aliphatic rings. The van der Waals surface area contributed by atoms with Crippen molar-refractivity contribution in [1.82, 2.24) is 0 Å². The Bertz CT molecular complexity index is 690. The second kappa shape index (κ2) is 7.32. The monoisotopic (exact) mass is 310 g/mol. The predicted octanol–water partition coefficient (Wildman–Crippen LogP) is 5.13. The summed E-state index contributed by atoms with van der Waals surface area (Å²) in [7, 11) is 0. The number of amides is 1. The molecule has 0 saturated carbocycles. The van der Waals surface area contributed by atoms with Crippen LogP contribution in [0.5, 0.6) is 0 Å². The highest BCUT2D eigenvalue weighted by molar-refractivity contribution is 5.90. The van der Waals surface area contributed by atoms with E-state index in [0.29, 0.717) is 6.42 Å². The molecule has 0 aliphatic carbocycles. The summed E-state index contributed by atoms with van der Waals surface area (Å²) in [6.07, 6.45) is 0.489. The fraction of sp³-hybridized carbons (Fsp3) is 0.350. The van der Waals surface area contributed by atoms with E-state index in [1.165, 1.54) is 22.3 Å². The van der Waals surface area contributed by atoms with Crippen LogP contribution in [0.15, 0.2) is 36.4 Å². The third-order valence-corrected chi connectivity index (χ3v) is 4.22. The molecule has 2 aromatic rings. The Morgan fingerprint density at radius 2 is 1.52 bits per heavy atom. The van der Waals surface area contributed by atoms with Gasteiger partial charge in [0, 0.05) is 23.8 Å². The molecule has 1 amide bonds. The van der Waals surface area contributed by atoms with E-state index in [-0.39, 0.29) is 11.9 Å². The summed E-state index contributed by atoms with van der Waals surface area (Å²) in [4.78, 5) is 11.4. The van der Waals surface area contributed by atoms with Gasteiger partial charge in [0.05, 0.1) is 0 Å². The van der Waals surface area contributed by atoms with Gasteiger partial charge in [-0.05, 0) is 74.2 Å². The maximum absolute atomic E-state index is 11.4. The molecule has 0 aliphatic heterocycles. The molecule has 2 rings (SSSR count). The summed E-state index contributed by atoms with van der Waals surface area (Å²) in [6, 6.07) is 12.6. The van der Waals surface area contributed by atoms with Crippen molar-refractivity contribution in [3.63, 3.8) is 0 Å². The zero-order valence-electron chi connectivity index (χ0n) is 14.7. The summed E-state index contributed by atoms with van der Waals surface area (Å²) >= 11 is 0. The lowest BCUT2D eigenvalue weighted by Crippen LogP contribution is -2.10. The van der Waals surface area contributed by atoms with Crippen LogP contribution in [0.4, 0.5) is 11.4 Å². The van der Waals surface area contributed by atoms with E-state index >= 15 is 0 Å². The van der Waals surface area contributed by atoms with Crippen LogP contribution in [-0.4, -0.2) is 5.91 Å². The molecule has 0 saturated heterocycles. The normalized spacial score (nSPS) is 11.9. The molecule has 3 heteroatoms. The molecule has 0 spiro atoms. The average molecular weight is 310 g/mol. The van der Waals surface area contributed by atoms with Crippen LogP contribution in [0.25, 0.3) is 0 Å². The fourth-order valence-corrected chi connectivity index (χ4v) is 2.68. The molecule has 2 aromatic carbocycles. The van der Waals surface area contributed by atoms with Crippen LogP contribution in [0, 0.1) is 20.8 Å². The third-order valence-electron chi connectivity index (χ3n) is 4.22. The number of nitrogens with one attached hydrogen (secondary N) is 2. The minimum absolute atomic E-state index is 0.0323. The molecule has 0 bridgehead atoms. The number of rotatable bonds is 5. The Kier molecular flexibility index (Phi) is 5.43. The summed E-state index contributed by atoms with van der Waals surface area (Å²) in [5, 5.41) is 6.39. The predicted molar refractivity (Wildman–Crippen MR) is 98.1 cm³/mol. The van der Waals surface area contributed by atoms with Crippen LogP contribution >= 0.6 is 0 Å². The molecule has 0 radical (unpaired) electrons. The minimum Gasteiger partial charge on any atom is -0.379 e. The number of aryl methyl sites for hydroxylation is 3. The highest BCUT2D eigenvalue weighted by Crippen LogP contribution is 2.25. The highest BCUT2D eigenvalue weighted by Gasteiger charge is 2.10. The first-order valence-corrected chi connectivity index (χ1v) is 8.15. The van der Waals surface area contributed by atoms with Gasteiger partial charge in [0.15, 0.2) is 0 Å². The van der Waals surface area contributed by atoms with E-state index in [2.05, 4.69) is 50.5 Å². The van der Waals surface area contributed by atoms with E-state index in [4.69, 9.17) is 0 Å². The Labute approximate surface area is 139 Å². The molecule has 1 atom stereocenters. The van der Waals surface area contributed by atoms with Gasteiger partial charge in [0.2, 0.25) is 5.91 Å². The van der Waals surface area contributed by atoms with Gasteiger partial charge in [-0.3, -0.25) is 4.79 Å². The second-order valence-electron chi connectivity index (χ2n) is 6.14. The lowest BCUT2D eigenvalue weighted by Gasteiger charge is -2.19. The SMILES string of the molecule is CCC(=O)Nc1ccc(NC(C)c2cc(C)c(C)cc2C)cc1. The number of hydrogen-bond donors (Lipinski definition) is 2. The maximum atomic E-state index is 11.4. The number of carbonyl (C=O) groups excluding carboxylic acids is 1. The summed E-state index contributed by atoms with van der Waals surface area (Å²) in [5.41, 5.74) is 7.14. The van der Waals surface area contributed by atoms with Gasteiger partial charge < -0.3 is 10.6 Å². The maximum Gasteiger partial charge on any atom is 0.224 e. The first-order chi connectivity index (χ1) is 10.9. The quantitative estimate of drug-likeness (QED) is 0.803. The van der Waals surface area contributed by atoms with Crippen molar-refractivity contribution >= 4 is 17.3 Å². The smallest absolute Gasteiger partial charge is 0.224 e. The summed E-state index contributed by atoms with van der Waals surface area (Å²) < 4.78 is 0. The van der Waals surface area contributed by atoms with Gasteiger partial charge >= 0.3 is 0 Å². The van der Waals surface area contributed by atoms with Gasteiger partial charge in [0.25, 0.3) is 0 Å². The van der Waals surface area contributed by atoms with Crippen LogP contribution in [0.2, 0.25) is 0 Å². The first kappa shape index (κ1) is 17.1. The van der Waals surface area contributed by atoms with Crippen molar-refractivity contribution in [2.75, 3.05) is 10.6 Å². The average Bonchev–Trinajstić information content (AvgIpc) is 2.52. The molecule has 3 nitrogen and oxygen atoms in total. The molecule has 0 aromatic heterocycles. The van der Waals surface area contributed by atoms with Crippen molar-refractivity contribution in [2.45, 2.75) is 47.1 Å². The third kappa shape index (κ3) is 4.35. The second-order valence-corrected chi connectivity index (χ2v) is 6.14. The Morgan fingerprint density at radius 3 is 2.13 bits per heavy atom. The molecule has 2 N–H and O–H groups in total.